The third kappa shape index (κ3) is 5.25. The molecule has 17 heavy (non-hydrogen) atoms. The molecule has 0 radical (unpaired) electrons. The van der Waals surface area contributed by atoms with Crippen LogP contribution in [0.4, 0.5) is 13.2 Å². The first kappa shape index (κ1) is 14.8. The first-order chi connectivity index (χ1) is 7.79. The number of alkyl halides is 4. The van der Waals surface area contributed by atoms with E-state index in [9.17, 15) is 18.0 Å². The molecule has 0 aromatic carbocycles. The van der Waals surface area contributed by atoms with Crippen LogP contribution in [0.15, 0.2) is 0 Å². The molecule has 0 aromatic heterocycles. The van der Waals surface area contributed by atoms with E-state index in [1.54, 1.807) is 0 Å². The normalized spacial score (nSPS) is 26.1. The minimum absolute atomic E-state index is 0.197. The average Bonchev–Trinajstić information content (AvgIpc) is 2.20. The van der Waals surface area contributed by atoms with Crippen molar-refractivity contribution in [3.63, 3.8) is 0 Å². The second kappa shape index (κ2) is 6.04. The highest BCUT2D eigenvalue weighted by atomic mass is 79.9. The lowest BCUT2D eigenvalue weighted by atomic mass is 9.99. The second-order valence-electron chi connectivity index (χ2n) is 4.23. The molecule has 0 N–H and O–H groups in total. The minimum Gasteiger partial charge on any atom is -0.362 e. The standard InChI is InChI=1S/C10H15BrF3NO2/c1-7-2-3-15(4-8(7)11)9(16)5-17-6-10(12,13)14/h7-8H,2-6H2,1H3. The highest BCUT2D eigenvalue weighted by Gasteiger charge is 2.30. The molecule has 1 amide bonds. The maximum Gasteiger partial charge on any atom is 0.411 e. The molecular weight excluding hydrogens is 303 g/mol. The number of piperidine rings is 1. The summed E-state index contributed by atoms with van der Waals surface area (Å²) in [5, 5.41) is 0. The summed E-state index contributed by atoms with van der Waals surface area (Å²) in [6.45, 7) is 1.29. The number of hydrogen-bond acceptors (Lipinski definition) is 2. The summed E-state index contributed by atoms with van der Waals surface area (Å²) in [5.74, 6) is 0.0840. The van der Waals surface area contributed by atoms with Crippen LogP contribution in [0.3, 0.4) is 0 Å². The van der Waals surface area contributed by atoms with E-state index in [1.165, 1.54) is 4.90 Å². The van der Waals surface area contributed by atoms with Crippen molar-refractivity contribution >= 4 is 21.8 Å². The Morgan fingerprint density at radius 1 is 1.53 bits per heavy atom. The lowest BCUT2D eigenvalue weighted by Crippen LogP contribution is -2.45. The van der Waals surface area contributed by atoms with E-state index >= 15 is 0 Å². The summed E-state index contributed by atoms with van der Waals surface area (Å²) in [5.41, 5.74) is 0. The topological polar surface area (TPSA) is 29.5 Å². The molecule has 0 saturated carbocycles. The molecule has 1 aliphatic heterocycles. The maximum absolute atomic E-state index is 11.8. The van der Waals surface area contributed by atoms with Crippen molar-refractivity contribution < 1.29 is 22.7 Å². The average molecular weight is 318 g/mol. The van der Waals surface area contributed by atoms with Crippen LogP contribution in [0.5, 0.6) is 0 Å². The van der Waals surface area contributed by atoms with Crippen LogP contribution in [-0.2, 0) is 9.53 Å². The molecule has 2 atom stereocenters. The van der Waals surface area contributed by atoms with E-state index in [2.05, 4.69) is 27.6 Å². The molecule has 2 unspecified atom stereocenters. The van der Waals surface area contributed by atoms with Crippen molar-refractivity contribution in [1.29, 1.82) is 0 Å². The summed E-state index contributed by atoms with van der Waals surface area (Å²) in [7, 11) is 0. The fraction of sp³-hybridized carbons (Fsp3) is 0.900. The largest absolute Gasteiger partial charge is 0.411 e. The van der Waals surface area contributed by atoms with Gasteiger partial charge in [-0.2, -0.15) is 13.2 Å². The lowest BCUT2D eigenvalue weighted by Gasteiger charge is -2.34. The van der Waals surface area contributed by atoms with Crippen LogP contribution in [0.2, 0.25) is 0 Å². The Morgan fingerprint density at radius 3 is 2.71 bits per heavy atom. The van der Waals surface area contributed by atoms with Gasteiger partial charge in [-0.25, -0.2) is 0 Å². The number of likely N-dealkylation sites (tertiary alicyclic amines) is 1. The van der Waals surface area contributed by atoms with Crippen LogP contribution in [0.1, 0.15) is 13.3 Å². The fourth-order valence-corrected chi connectivity index (χ4v) is 2.21. The van der Waals surface area contributed by atoms with Gasteiger partial charge in [-0.1, -0.05) is 22.9 Å². The first-order valence-electron chi connectivity index (χ1n) is 5.36. The van der Waals surface area contributed by atoms with Crippen molar-refractivity contribution in [3.05, 3.63) is 0 Å². The molecule has 1 saturated heterocycles. The van der Waals surface area contributed by atoms with Crippen LogP contribution in [0, 0.1) is 5.92 Å². The van der Waals surface area contributed by atoms with Gasteiger partial charge in [-0.15, -0.1) is 0 Å². The van der Waals surface area contributed by atoms with E-state index in [-0.39, 0.29) is 10.7 Å². The van der Waals surface area contributed by atoms with Crippen LogP contribution >= 0.6 is 15.9 Å². The third-order valence-corrected chi connectivity index (χ3v) is 3.90. The number of hydrogen-bond donors (Lipinski definition) is 0. The fourth-order valence-electron chi connectivity index (χ4n) is 1.59. The van der Waals surface area contributed by atoms with E-state index < -0.39 is 19.4 Å². The first-order valence-corrected chi connectivity index (χ1v) is 6.27. The van der Waals surface area contributed by atoms with Crippen molar-refractivity contribution in [2.45, 2.75) is 24.3 Å². The number of halogens is 4. The van der Waals surface area contributed by atoms with Gasteiger partial charge in [0.2, 0.25) is 5.91 Å². The van der Waals surface area contributed by atoms with Gasteiger partial charge in [0.15, 0.2) is 0 Å². The summed E-state index contributed by atoms with van der Waals surface area (Å²) in [4.78, 5) is 13.3. The lowest BCUT2D eigenvalue weighted by molar-refractivity contribution is -0.178. The van der Waals surface area contributed by atoms with E-state index in [1.807, 2.05) is 0 Å². The Labute approximate surface area is 106 Å². The van der Waals surface area contributed by atoms with E-state index in [0.29, 0.717) is 19.0 Å². The smallest absolute Gasteiger partial charge is 0.362 e. The van der Waals surface area contributed by atoms with Gasteiger partial charge in [0.05, 0.1) is 0 Å². The van der Waals surface area contributed by atoms with Gasteiger partial charge in [-0.05, 0) is 12.3 Å². The number of amides is 1. The Bertz CT molecular complexity index is 273. The van der Waals surface area contributed by atoms with Crippen molar-refractivity contribution in [2.24, 2.45) is 5.92 Å². The Balaban J connectivity index is 2.29. The molecule has 100 valence electrons. The predicted octanol–water partition coefficient (Wildman–Crippen LogP) is 2.20. The van der Waals surface area contributed by atoms with Gasteiger partial charge >= 0.3 is 6.18 Å². The Kier molecular flexibility index (Phi) is 5.24. The van der Waals surface area contributed by atoms with Gasteiger partial charge < -0.3 is 9.64 Å². The van der Waals surface area contributed by atoms with Crippen molar-refractivity contribution in [3.8, 4) is 0 Å². The highest BCUT2D eigenvalue weighted by molar-refractivity contribution is 9.09. The molecule has 1 rings (SSSR count). The monoisotopic (exact) mass is 317 g/mol. The maximum atomic E-state index is 11.8. The Hall–Kier alpha value is -0.300. The summed E-state index contributed by atoms with van der Waals surface area (Å²) >= 11 is 3.45. The number of nitrogens with zero attached hydrogens (tertiary/aromatic N) is 1. The van der Waals surface area contributed by atoms with Gasteiger partial charge in [0, 0.05) is 17.9 Å². The molecule has 1 fully saturated rings. The third-order valence-electron chi connectivity index (χ3n) is 2.71. The highest BCUT2D eigenvalue weighted by Crippen LogP contribution is 2.23. The zero-order valence-corrected chi connectivity index (χ0v) is 11.1. The molecule has 0 spiro atoms. The molecular formula is C10H15BrF3NO2. The molecule has 1 aliphatic rings. The molecule has 1 heterocycles. The van der Waals surface area contributed by atoms with Crippen LogP contribution in [-0.4, -0.2) is 48.1 Å². The minimum atomic E-state index is -4.38. The summed E-state index contributed by atoms with van der Waals surface area (Å²) in [6, 6.07) is 0. The Morgan fingerprint density at radius 2 is 2.18 bits per heavy atom. The van der Waals surface area contributed by atoms with Gasteiger partial charge in [-0.3, -0.25) is 4.79 Å². The molecule has 0 bridgehead atoms. The summed E-state index contributed by atoms with van der Waals surface area (Å²) in [6.07, 6.45) is -3.53. The van der Waals surface area contributed by atoms with Gasteiger partial charge in [0.25, 0.3) is 0 Å². The number of carbonyl (C=O) groups excluding carboxylic acids is 1. The number of ether oxygens (including phenoxy) is 1. The molecule has 7 heteroatoms. The quantitative estimate of drug-likeness (QED) is 0.747. The second-order valence-corrected chi connectivity index (χ2v) is 5.41. The molecule has 3 nitrogen and oxygen atoms in total. The predicted molar refractivity (Wildman–Crippen MR) is 60.0 cm³/mol. The number of rotatable bonds is 3. The van der Waals surface area contributed by atoms with E-state index in [4.69, 9.17) is 0 Å². The van der Waals surface area contributed by atoms with Gasteiger partial charge in [0.1, 0.15) is 13.2 Å². The van der Waals surface area contributed by atoms with E-state index in [0.717, 1.165) is 6.42 Å². The SMILES string of the molecule is CC1CCN(C(=O)COCC(F)(F)F)CC1Br. The summed E-state index contributed by atoms with van der Waals surface area (Å²) < 4.78 is 39.8. The molecule has 0 aromatic rings. The van der Waals surface area contributed by atoms with Crippen molar-refractivity contribution in [1.82, 2.24) is 4.90 Å². The zero-order chi connectivity index (χ0) is 13.1. The number of carbonyl (C=O) groups is 1. The zero-order valence-electron chi connectivity index (χ0n) is 9.47. The molecule has 0 aliphatic carbocycles. The van der Waals surface area contributed by atoms with Crippen molar-refractivity contribution in [2.75, 3.05) is 26.3 Å². The van der Waals surface area contributed by atoms with Crippen LogP contribution in [0.25, 0.3) is 0 Å². The van der Waals surface area contributed by atoms with Crippen LogP contribution < -0.4 is 0 Å².